The number of methoxy groups -OCH3 is 1. The van der Waals surface area contributed by atoms with Crippen LogP contribution >= 0.6 is 0 Å². The highest BCUT2D eigenvalue weighted by atomic mass is 16.5. The van der Waals surface area contributed by atoms with Crippen LogP contribution in [0.1, 0.15) is 65.7 Å². The average molecular weight is 299 g/mol. The number of hydrogen-bond donors (Lipinski definition) is 1. The maximum absolute atomic E-state index is 5.48. The van der Waals surface area contributed by atoms with Crippen LogP contribution in [0.2, 0.25) is 0 Å². The van der Waals surface area contributed by atoms with Gasteiger partial charge in [-0.05, 0) is 56.4 Å². The molecule has 3 nitrogen and oxygen atoms in total. The third kappa shape index (κ3) is 8.80. The molecule has 21 heavy (non-hydrogen) atoms. The molecular formula is C18H37NO2. The van der Waals surface area contributed by atoms with E-state index in [0.29, 0.717) is 12.0 Å². The molecule has 0 aromatic rings. The SMILES string of the molecule is COCCOCCCCNC1CCCC(C(C)(C)C)CC1. The Kier molecular flexibility index (Phi) is 9.54. The van der Waals surface area contributed by atoms with E-state index in [4.69, 9.17) is 9.47 Å². The predicted octanol–water partition coefficient (Wildman–Crippen LogP) is 4.01. The largest absolute Gasteiger partial charge is 0.382 e. The van der Waals surface area contributed by atoms with Crippen LogP contribution in [0.3, 0.4) is 0 Å². The molecule has 2 atom stereocenters. The molecule has 1 fully saturated rings. The van der Waals surface area contributed by atoms with E-state index < -0.39 is 0 Å². The van der Waals surface area contributed by atoms with Crippen LogP contribution in [0.5, 0.6) is 0 Å². The van der Waals surface area contributed by atoms with Crippen LogP contribution in [0.25, 0.3) is 0 Å². The normalized spacial score (nSPS) is 24.0. The minimum absolute atomic E-state index is 0.481. The lowest BCUT2D eigenvalue weighted by molar-refractivity contribution is 0.0687. The second-order valence-electron chi connectivity index (χ2n) is 7.53. The minimum atomic E-state index is 0.481. The molecule has 2 unspecified atom stereocenters. The molecule has 1 saturated carbocycles. The Bertz CT molecular complexity index is 250. The summed E-state index contributed by atoms with van der Waals surface area (Å²) in [5.74, 6) is 0.901. The van der Waals surface area contributed by atoms with Gasteiger partial charge in [0.05, 0.1) is 13.2 Å². The van der Waals surface area contributed by atoms with E-state index in [9.17, 15) is 0 Å². The van der Waals surface area contributed by atoms with Crippen molar-refractivity contribution in [2.75, 3.05) is 33.5 Å². The first-order valence-electron chi connectivity index (χ1n) is 8.84. The molecule has 0 spiro atoms. The first kappa shape index (κ1) is 18.9. The molecule has 1 aliphatic carbocycles. The van der Waals surface area contributed by atoms with Gasteiger partial charge in [-0.1, -0.05) is 27.2 Å². The Balaban J connectivity index is 2.03. The van der Waals surface area contributed by atoms with Crippen LogP contribution in [-0.4, -0.2) is 39.5 Å². The number of hydrogen-bond acceptors (Lipinski definition) is 3. The molecule has 1 rings (SSSR count). The van der Waals surface area contributed by atoms with E-state index in [1.54, 1.807) is 7.11 Å². The van der Waals surface area contributed by atoms with Gasteiger partial charge in [0.1, 0.15) is 0 Å². The highest BCUT2D eigenvalue weighted by Crippen LogP contribution is 2.36. The van der Waals surface area contributed by atoms with Crippen LogP contribution < -0.4 is 5.32 Å². The molecular weight excluding hydrogens is 262 g/mol. The van der Waals surface area contributed by atoms with Crippen LogP contribution in [-0.2, 0) is 9.47 Å². The van der Waals surface area contributed by atoms with Crippen LogP contribution in [0.4, 0.5) is 0 Å². The number of rotatable bonds is 9. The fourth-order valence-corrected chi connectivity index (χ4v) is 3.25. The highest BCUT2D eigenvalue weighted by Gasteiger charge is 2.27. The van der Waals surface area contributed by atoms with Gasteiger partial charge in [0, 0.05) is 19.8 Å². The van der Waals surface area contributed by atoms with Crippen molar-refractivity contribution in [2.45, 2.75) is 71.8 Å². The standard InChI is InChI=1S/C18H37NO2/c1-18(2,3)16-8-7-9-17(11-10-16)19-12-5-6-13-21-15-14-20-4/h16-17,19H,5-15H2,1-4H3. The maximum atomic E-state index is 5.48. The Morgan fingerprint density at radius 2 is 1.76 bits per heavy atom. The molecule has 0 aromatic carbocycles. The third-order valence-corrected chi connectivity index (χ3v) is 4.77. The van der Waals surface area contributed by atoms with Crippen LogP contribution in [0.15, 0.2) is 0 Å². The molecule has 0 aromatic heterocycles. The molecule has 1 aliphatic rings. The lowest BCUT2D eigenvalue weighted by Gasteiger charge is -2.29. The van der Waals surface area contributed by atoms with E-state index in [-0.39, 0.29) is 0 Å². The Morgan fingerprint density at radius 3 is 2.48 bits per heavy atom. The molecule has 0 aliphatic heterocycles. The van der Waals surface area contributed by atoms with Crippen molar-refractivity contribution in [1.29, 1.82) is 0 Å². The Hall–Kier alpha value is -0.120. The van der Waals surface area contributed by atoms with Crippen molar-refractivity contribution < 1.29 is 9.47 Å². The first-order valence-corrected chi connectivity index (χ1v) is 8.84. The predicted molar refractivity (Wildman–Crippen MR) is 89.7 cm³/mol. The molecule has 0 amide bonds. The molecule has 0 saturated heterocycles. The van der Waals surface area contributed by atoms with Gasteiger partial charge in [-0.25, -0.2) is 0 Å². The molecule has 3 heteroatoms. The zero-order chi connectivity index (χ0) is 15.6. The molecule has 0 radical (unpaired) electrons. The van der Waals surface area contributed by atoms with Gasteiger partial charge >= 0.3 is 0 Å². The van der Waals surface area contributed by atoms with Gasteiger partial charge in [-0.15, -0.1) is 0 Å². The van der Waals surface area contributed by atoms with Crippen molar-refractivity contribution in [3.63, 3.8) is 0 Å². The summed E-state index contributed by atoms with van der Waals surface area (Å²) >= 11 is 0. The first-order chi connectivity index (χ1) is 10.0. The fraction of sp³-hybridized carbons (Fsp3) is 1.00. The van der Waals surface area contributed by atoms with Crippen molar-refractivity contribution >= 4 is 0 Å². The summed E-state index contributed by atoms with van der Waals surface area (Å²) < 4.78 is 10.4. The molecule has 126 valence electrons. The van der Waals surface area contributed by atoms with E-state index in [0.717, 1.165) is 38.1 Å². The topological polar surface area (TPSA) is 30.5 Å². The van der Waals surface area contributed by atoms with Crippen LogP contribution in [0, 0.1) is 11.3 Å². The zero-order valence-electron chi connectivity index (χ0n) is 14.7. The number of unbranched alkanes of at least 4 members (excludes halogenated alkanes) is 1. The van der Waals surface area contributed by atoms with Gasteiger partial charge in [0.2, 0.25) is 0 Å². The summed E-state index contributed by atoms with van der Waals surface area (Å²) in [6.45, 7) is 10.6. The number of ether oxygens (including phenoxy) is 2. The van der Waals surface area contributed by atoms with Gasteiger partial charge in [0.15, 0.2) is 0 Å². The zero-order valence-corrected chi connectivity index (χ0v) is 14.7. The fourth-order valence-electron chi connectivity index (χ4n) is 3.25. The van der Waals surface area contributed by atoms with Gasteiger partial charge < -0.3 is 14.8 Å². The second-order valence-corrected chi connectivity index (χ2v) is 7.53. The number of nitrogens with one attached hydrogen (secondary N) is 1. The van der Waals surface area contributed by atoms with E-state index >= 15 is 0 Å². The smallest absolute Gasteiger partial charge is 0.0700 e. The lowest BCUT2D eigenvalue weighted by Crippen LogP contribution is -2.30. The minimum Gasteiger partial charge on any atom is -0.382 e. The van der Waals surface area contributed by atoms with Crippen molar-refractivity contribution in [1.82, 2.24) is 5.32 Å². The maximum Gasteiger partial charge on any atom is 0.0700 e. The highest BCUT2D eigenvalue weighted by molar-refractivity contribution is 4.81. The van der Waals surface area contributed by atoms with E-state index in [1.165, 1.54) is 38.5 Å². The van der Waals surface area contributed by atoms with Crippen molar-refractivity contribution in [3.05, 3.63) is 0 Å². The molecule has 0 heterocycles. The summed E-state index contributed by atoms with van der Waals surface area (Å²) in [6.07, 6.45) is 9.26. The average Bonchev–Trinajstić information content (AvgIpc) is 2.67. The lowest BCUT2D eigenvalue weighted by atomic mass is 9.76. The third-order valence-electron chi connectivity index (χ3n) is 4.77. The summed E-state index contributed by atoms with van der Waals surface area (Å²) in [6, 6.07) is 0.742. The summed E-state index contributed by atoms with van der Waals surface area (Å²) in [7, 11) is 1.71. The van der Waals surface area contributed by atoms with Gasteiger partial charge in [0.25, 0.3) is 0 Å². The Labute approximate surface area is 132 Å². The summed E-state index contributed by atoms with van der Waals surface area (Å²) in [5.41, 5.74) is 0.481. The van der Waals surface area contributed by atoms with Gasteiger partial charge in [-0.3, -0.25) is 0 Å². The molecule has 1 N–H and O–H groups in total. The summed E-state index contributed by atoms with van der Waals surface area (Å²) in [5, 5.41) is 3.76. The quantitative estimate of drug-likeness (QED) is 0.515. The van der Waals surface area contributed by atoms with Gasteiger partial charge in [-0.2, -0.15) is 0 Å². The Morgan fingerprint density at radius 1 is 0.952 bits per heavy atom. The second kappa shape index (κ2) is 10.6. The van der Waals surface area contributed by atoms with Crippen molar-refractivity contribution in [2.24, 2.45) is 11.3 Å². The van der Waals surface area contributed by atoms with Crippen molar-refractivity contribution in [3.8, 4) is 0 Å². The summed E-state index contributed by atoms with van der Waals surface area (Å²) in [4.78, 5) is 0. The van der Waals surface area contributed by atoms with E-state index in [1.807, 2.05) is 0 Å². The van der Waals surface area contributed by atoms with E-state index in [2.05, 4.69) is 26.1 Å². The monoisotopic (exact) mass is 299 g/mol. The molecule has 0 bridgehead atoms.